The van der Waals surface area contributed by atoms with E-state index >= 15 is 0 Å². The van der Waals surface area contributed by atoms with Crippen LogP contribution >= 0.6 is 0 Å². The van der Waals surface area contributed by atoms with Gasteiger partial charge in [-0.15, -0.1) is 0 Å². The summed E-state index contributed by atoms with van der Waals surface area (Å²) in [6, 6.07) is 6.75. The molecule has 0 bridgehead atoms. The van der Waals surface area contributed by atoms with E-state index < -0.39 is 5.97 Å². The first kappa shape index (κ1) is 34.3. The Balaban J connectivity index is 1.49. The van der Waals surface area contributed by atoms with Gasteiger partial charge in [-0.1, -0.05) is 103 Å². The lowest BCUT2D eigenvalue weighted by molar-refractivity contribution is -0.941. The molecule has 0 N–H and O–H groups in total. The number of ether oxygens (including phenoxy) is 2. The van der Waals surface area contributed by atoms with E-state index in [0.717, 1.165) is 39.0 Å². The third kappa shape index (κ3) is 14.1. The summed E-state index contributed by atoms with van der Waals surface area (Å²) in [7, 11) is 2.46. The number of aromatic carboxylic acids is 1. The zero-order valence-electron chi connectivity index (χ0n) is 25.6. The fraction of sp³-hybridized carbons (Fsp3) is 0.765. The zero-order valence-corrected chi connectivity index (χ0v) is 25.6. The largest absolute Gasteiger partial charge is 0.545 e. The molecule has 1 aliphatic heterocycles. The maximum atomic E-state index is 12.1. The van der Waals surface area contributed by atoms with Gasteiger partial charge in [0.05, 0.1) is 32.8 Å². The number of carboxylic acid groups (broad SMARTS) is 1. The van der Waals surface area contributed by atoms with E-state index in [1.54, 1.807) is 12.1 Å². The lowest BCUT2D eigenvalue weighted by atomic mass is 10.0. The molecule has 1 aromatic rings. The molecule has 0 saturated carbocycles. The average molecular weight is 560 g/mol. The number of carbonyl (C=O) groups is 2. The van der Waals surface area contributed by atoms with E-state index in [0.29, 0.717) is 12.5 Å². The molecular formula is C34H57NO5. The van der Waals surface area contributed by atoms with Gasteiger partial charge in [0.1, 0.15) is 18.3 Å². The van der Waals surface area contributed by atoms with E-state index in [-0.39, 0.29) is 17.3 Å². The summed E-state index contributed by atoms with van der Waals surface area (Å²) in [5, 5.41) is 11.1. The van der Waals surface area contributed by atoms with Crippen LogP contribution in [0.15, 0.2) is 24.3 Å². The maximum Gasteiger partial charge on any atom is 0.311 e. The van der Waals surface area contributed by atoms with E-state index in [1.807, 2.05) is 0 Å². The molecular weight excluding hydrogens is 502 g/mol. The molecule has 0 aromatic heterocycles. The van der Waals surface area contributed by atoms with Crippen LogP contribution in [0.25, 0.3) is 0 Å². The standard InChI is InChI=1S/C34H57NO5/c1-3-4-5-6-7-8-9-13-16-21-26-35(2)27-28-39-29-30(35)22-17-14-11-10-12-15-18-25-33(36)40-32-24-20-19-23-31(32)34(37)38/h19-20,23-24,30H,3-18,21-22,25-29H2,1-2H3. The molecule has 2 atom stereocenters. The summed E-state index contributed by atoms with van der Waals surface area (Å²) in [6.45, 7) is 6.56. The molecule has 228 valence electrons. The summed E-state index contributed by atoms with van der Waals surface area (Å²) in [6.07, 6.45) is 23.3. The minimum Gasteiger partial charge on any atom is -0.545 e. The van der Waals surface area contributed by atoms with Gasteiger partial charge in [-0.3, -0.25) is 4.79 Å². The smallest absolute Gasteiger partial charge is 0.311 e. The van der Waals surface area contributed by atoms with E-state index in [1.165, 1.54) is 119 Å². The van der Waals surface area contributed by atoms with Crippen molar-refractivity contribution in [3.8, 4) is 5.75 Å². The molecule has 1 fully saturated rings. The van der Waals surface area contributed by atoms with Gasteiger partial charge in [0.15, 0.2) is 0 Å². The molecule has 2 unspecified atom stereocenters. The van der Waals surface area contributed by atoms with Gasteiger partial charge in [-0.2, -0.15) is 0 Å². The van der Waals surface area contributed by atoms with Crippen LogP contribution in [0.1, 0.15) is 139 Å². The third-order valence-corrected chi connectivity index (χ3v) is 8.71. The van der Waals surface area contributed by atoms with Crippen molar-refractivity contribution >= 4 is 11.9 Å². The topological polar surface area (TPSA) is 75.7 Å². The molecule has 1 heterocycles. The molecule has 2 rings (SSSR count). The maximum absolute atomic E-state index is 12.1. The Kier molecular flexibility index (Phi) is 17.9. The Morgan fingerprint density at radius 3 is 2.08 bits per heavy atom. The number of esters is 1. The molecule has 1 aliphatic rings. The fourth-order valence-corrected chi connectivity index (χ4v) is 5.94. The summed E-state index contributed by atoms with van der Waals surface area (Å²) in [5.74, 6) is -1.66. The van der Waals surface area contributed by atoms with E-state index in [4.69, 9.17) is 9.47 Å². The first-order valence-electron chi connectivity index (χ1n) is 16.4. The average Bonchev–Trinajstić information content (AvgIpc) is 2.94. The molecule has 0 aliphatic carbocycles. The van der Waals surface area contributed by atoms with Gasteiger partial charge in [-0.05, 0) is 37.8 Å². The lowest BCUT2D eigenvalue weighted by Gasteiger charge is -2.45. The number of carboxylic acids is 1. The number of benzene rings is 1. The van der Waals surface area contributed by atoms with Crippen molar-refractivity contribution in [2.24, 2.45) is 0 Å². The number of hydrogen-bond acceptors (Lipinski definition) is 5. The highest BCUT2D eigenvalue weighted by Gasteiger charge is 2.35. The number of unbranched alkanes of at least 4 members (excludes halogenated alkanes) is 15. The summed E-state index contributed by atoms with van der Waals surface area (Å²) in [5.41, 5.74) is -0.0893. The van der Waals surface area contributed by atoms with Crippen molar-refractivity contribution in [1.29, 1.82) is 0 Å². The second-order valence-corrected chi connectivity index (χ2v) is 12.1. The van der Waals surface area contributed by atoms with Crippen molar-refractivity contribution in [3.05, 3.63) is 29.8 Å². The number of morpholine rings is 1. The Bertz CT molecular complexity index is 828. The van der Waals surface area contributed by atoms with E-state index in [2.05, 4.69) is 14.0 Å². The summed E-state index contributed by atoms with van der Waals surface area (Å²) >= 11 is 0. The quantitative estimate of drug-likeness (QED) is 0.0612. The van der Waals surface area contributed by atoms with Crippen LogP contribution < -0.4 is 9.84 Å². The van der Waals surface area contributed by atoms with Crippen LogP contribution in [0, 0.1) is 0 Å². The molecule has 6 nitrogen and oxygen atoms in total. The Morgan fingerprint density at radius 2 is 1.43 bits per heavy atom. The first-order chi connectivity index (χ1) is 19.5. The first-order valence-corrected chi connectivity index (χ1v) is 16.4. The summed E-state index contributed by atoms with van der Waals surface area (Å²) in [4.78, 5) is 23.2. The van der Waals surface area contributed by atoms with Gasteiger partial charge in [0, 0.05) is 18.4 Å². The Hall–Kier alpha value is -1.92. The SMILES string of the molecule is CCCCCCCCCCCC[N+]1(C)CCOCC1CCCCCCCCCC(=O)Oc1ccccc1C(=O)[O-]. The van der Waals surface area contributed by atoms with Crippen LogP contribution in [0.5, 0.6) is 5.75 Å². The number of hydrogen-bond donors (Lipinski definition) is 0. The normalized spacial score (nSPS) is 19.0. The van der Waals surface area contributed by atoms with Crippen molar-refractivity contribution in [3.63, 3.8) is 0 Å². The second-order valence-electron chi connectivity index (χ2n) is 12.1. The molecule has 0 spiro atoms. The molecule has 0 radical (unpaired) electrons. The molecule has 1 saturated heterocycles. The van der Waals surface area contributed by atoms with Crippen LogP contribution in [-0.4, -0.2) is 55.8 Å². The monoisotopic (exact) mass is 559 g/mol. The number of nitrogens with zero attached hydrogens (tertiary/aromatic N) is 1. The Morgan fingerprint density at radius 1 is 0.850 bits per heavy atom. The number of rotatable bonds is 23. The molecule has 6 heteroatoms. The van der Waals surface area contributed by atoms with Crippen molar-refractivity contribution in [2.75, 3.05) is 33.4 Å². The fourth-order valence-electron chi connectivity index (χ4n) is 5.94. The van der Waals surface area contributed by atoms with Crippen LogP contribution in [0.3, 0.4) is 0 Å². The van der Waals surface area contributed by atoms with Gasteiger partial charge in [-0.25, -0.2) is 0 Å². The summed E-state index contributed by atoms with van der Waals surface area (Å²) < 4.78 is 12.3. The number of para-hydroxylation sites is 1. The highest BCUT2D eigenvalue weighted by Crippen LogP contribution is 2.24. The zero-order chi connectivity index (χ0) is 28.9. The van der Waals surface area contributed by atoms with Crippen LogP contribution in [-0.2, 0) is 9.53 Å². The minimum atomic E-state index is -1.34. The van der Waals surface area contributed by atoms with Crippen LogP contribution in [0.4, 0.5) is 0 Å². The Labute approximate surface area is 244 Å². The molecule has 1 aromatic carbocycles. The third-order valence-electron chi connectivity index (χ3n) is 8.71. The number of quaternary nitrogens is 1. The predicted octanol–water partition coefficient (Wildman–Crippen LogP) is 7.23. The molecule has 0 amide bonds. The van der Waals surface area contributed by atoms with Crippen molar-refractivity contribution in [1.82, 2.24) is 0 Å². The predicted molar refractivity (Wildman–Crippen MR) is 160 cm³/mol. The van der Waals surface area contributed by atoms with Gasteiger partial charge < -0.3 is 23.9 Å². The van der Waals surface area contributed by atoms with Crippen molar-refractivity contribution < 1.29 is 28.7 Å². The number of carbonyl (C=O) groups excluding carboxylic acids is 2. The number of likely N-dealkylation sites (N-methyl/N-ethyl adjacent to an activating group) is 1. The van der Waals surface area contributed by atoms with Crippen molar-refractivity contribution in [2.45, 2.75) is 135 Å². The van der Waals surface area contributed by atoms with Gasteiger partial charge in [0.25, 0.3) is 0 Å². The minimum absolute atomic E-state index is 0.0640. The van der Waals surface area contributed by atoms with E-state index in [9.17, 15) is 14.7 Å². The molecule has 40 heavy (non-hydrogen) atoms. The van der Waals surface area contributed by atoms with Crippen LogP contribution in [0.2, 0.25) is 0 Å². The van der Waals surface area contributed by atoms with Gasteiger partial charge in [0.2, 0.25) is 0 Å². The highest BCUT2D eigenvalue weighted by atomic mass is 16.5. The lowest BCUT2D eigenvalue weighted by Crippen LogP contribution is -2.59. The van der Waals surface area contributed by atoms with Gasteiger partial charge >= 0.3 is 5.97 Å². The highest BCUT2D eigenvalue weighted by molar-refractivity contribution is 5.90. The second kappa shape index (κ2) is 20.9.